The topological polar surface area (TPSA) is 4.93 Å². The molecular formula is C60H35F6N. The fraction of sp³-hybridized carbons (Fsp3) is 0. The maximum absolute atomic E-state index is 15.5. The molecule has 10 aromatic carbocycles. The number of aromatic nitrogens is 1. The molecule has 0 aliphatic carbocycles. The first-order valence-corrected chi connectivity index (χ1v) is 21.6. The van der Waals surface area contributed by atoms with Gasteiger partial charge in [0.2, 0.25) is 0 Å². The van der Waals surface area contributed by atoms with Crippen LogP contribution < -0.4 is 0 Å². The standard InChI is InChI=1S/C60H35F6N/c61-45-31-44(32-46(62)35-45)51-15-5-10-20-58(51)67-59-23-21-36(38-25-40(47-11-1-6-16-54(47)63)29-41(26-38)48-12-2-7-17-55(48)64)33-52(59)53-34-37(22-24-60(53)67)39-27-42(49-13-3-8-18-56(49)65)30-43(28-39)50-14-4-9-19-57(50)66/h1-35H. The van der Waals surface area contributed by atoms with E-state index in [9.17, 15) is 8.78 Å². The summed E-state index contributed by atoms with van der Waals surface area (Å²) >= 11 is 0. The number of hydrogen-bond acceptors (Lipinski definition) is 0. The predicted octanol–water partition coefficient (Wildman–Crippen LogP) is 17.3. The smallest absolute Gasteiger partial charge is 0.131 e. The van der Waals surface area contributed by atoms with Crippen molar-refractivity contribution in [2.75, 3.05) is 0 Å². The average Bonchev–Trinajstić information content (AvgIpc) is 3.67. The molecule has 67 heavy (non-hydrogen) atoms. The van der Waals surface area contributed by atoms with Gasteiger partial charge in [-0.3, -0.25) is 0 Å². The summed E-state index contributed by atoms with van der Waals surface area (Å²) in [7, 11) is 0. The lowest BCUT2D eigenvalue weighted by Gasteiger charge is -2.15. The zero-order chi connectivity index (χ0) is 45.8. The van der Waals surface area contributed by atoms with E-state index in [0.717, 1.165) is 39.0 Å². The summed E-state index contributed by atoms with van der Waals surface area (Å²) in [5.41, 5.74) is 9.80. The van der Waals surface area contributed by atoms with Gasteiger partial charge in [0.15, 0.2) is 0 Å². The summed E-state index contributed by atoms with van der Waals surface area (Å²) < 4.78 is 93.6. The van der Waals surface area contributed by atoms with Gasteiger partial charge < -0.3 is 4.57 Å². The molecule has 0 spiro atoms. The molecule has 0 saturated heterocycles. The van der Waals surface area contributed by atoms with Gasteiger partial charge in [0.05, 0.1) is 16.7 Å². The molecule has 1 heterocycles. The molecule has 7 heteroatoms. The monoisotopic (exact) mass is 883 g/mol. The minimum atomic E-state index is -0.707. The predicted molar refractivity (Wildman–Crippen MR) is 259 cm³/mol. The van der Waals surface area contributed by atoms with Crippen molar-refractivity contribution in [2.45, 2.75) is 0 Å². The van der Waals surface area contributed by atoms with Crippen molar-refractivity contribution in [3.8, 4) is 83.6 Å². The number of para-hydroxylation sites is 1. The molecule has 0 aliphatic heterocycles. The van der Waals surface area contributed by atoms with Crippen molar-refractivity contribution >= 4 is 21.8 Å². The van der Waals surface area contributed by atoms with Crippen LogP contribution in [0.25, 0.3) is 105 Å². The fourth-order valence-corrected chi connectivity index (χ4v) is 9.26. The quantitative estimate of drug-likeness (QED) is 0.134. The Balaban J connectivity index is 1.18. The summed E-state index contributed by atoms with van der Waals surface area (Å²) in [5, 5.41) is 1.61. The fourth-order valence-electron chi connectivity index (χ4n) is 9.26. The molecule has 11 rings (SSSR count). The first kappa shape index (κ1) is 41.3. The third-order valence-electron chi connectivity index (χ3n) is 12.4. The Morgan fingerprint density at radius 1 is 0.239 bits per heavy atom. The molecule has 11 aromatic rings. The van der Waals surface area contributed by atoms with Gasteiger partial charge in [-0.05, 0) is 153 Å². The number of fused-ring (bicyclic) bond motifs is 3. The lowest BCUT2D eigenvalue weighted by Crippen LogP contribution is -1.98. The number of nitrogens with zero attached hydrogens (tertiary/aromatic N) is 1. The van der Waals surface area contributed by atoms with Gasteiger partial charge in [-0.2, -0.15) is 0 Å². The van der Waals surface area contributed by atoms with Crippen LogP contribution in [-0.2, 0) is 0 Å². The lowest BCUT2D eigenvalue weighted by molar-refractivity contribution is 0.584. The van der Waals surface area contributed by atoms with E-state index in [1.165, 1.54) is 36.4 Å². The van der Waals surface area contributed by atoms with Crippen LogP contribution in [0.15, 0.2) is 212 Å². The molecule has 0 atom stereocenters. The molecule has 0 N–H and O–H groups in total. The molecule has 0 aliphatic rings. The van der Waals surface area contributed by atoms with Crippen molar-refractivity contribution in [3.63, 3.8) is 0 Å². The van der Waals surface area contributed by atoms with E-state index in [2.05, 4.69) is 4.57 Å². The van der Waals surface area contributed by atoms with E-state index in [4.69, 9.17) is 0 Å². The van der Waals surface area contributed by atoms with Crippen LogP contribution in [0.4, 0.5) is 26.3 Å². The third kappa shape index (κ3) is 7.64. The average molecular weight is 884 g/mol. The van der Waals surface area contributed by atoms with E-state index in [1.54, 1.807) is 84.9 Å². The lowest BCUT2D eigenvalue weighted by atomic mass is 9.91. The maximum atomic E-state index is 15.5. The molecule has 0 unspecified atom stereocenters. The number of halogens is 6. The Hall–Kier alpha value is -8.42. The summed E-state index contributed by atoms with van der Waals surface area (Å²) in [6, 6.07) is 59.8. The third-order valence-corrected chi connectivity index (χ3v) is 12.4. The minimum Gasteiger partial charge on any atom is -0.309 e. The molecular weight excluding hydrogens is 849 g/mol. The van der Waals surface area contributed by atoms with E-state index in [0.29, 0.717) is 72.4 Å². The van der Waals surface area contributed by atoms with Gasteiger partial charge in [0, 0.05) is 44.7 Å². The molecule has 0 amide bonds. The van der Waals surface area contributed by atoms with Gasteiger partial charge in [-0.15, -0.1) is 0 Å². The molecule has 1 aromatic heterocycles. The highest BCUT2D eigenvalue weighted by atomic mass is 19.1. The second-order valence-corrected chi connectivity index (χ2v) is 16.5. The van der Waals surface area contributed by atoms with Crippen LogP contribution in [0.3, 0.4) is 0 Å². The Morgan fingerprint density at radius 2 is 0.552 bits per heavy atom. The molecule has 1 nitrogen and oxygen atoms in total. The SMILES string of the molecule is Fc1cc(F)cc(-c2ccccc2-n2c3ccc(-c4cc(-c5ccccc5F)cc(-c5ccccc5F)c4)cc3c3cc(-c4cc(-c5ccccc5F)cc(-c5ccccc5F)c4)ccc32)c1. The van der Waals surface area contributed by atoms with Crippen LogP contribution in [0.2, 0.25) is 0 Å². The van der Waals surface area contributed by atoms with Gasteiger partial charge in [-0.25, -0.2) is 26.3 Å². The highest BCUT2D eigenvalue weighted by molar-refractivity contribution is 6.12. The Bertz CT molecular complexity index is 3390. The minimum absolute atomic E-state index is 0.354. The number of hydrogen-bond donors (Lipinski definition) is 0. The van der Waals surface area contributed by atoms with Gasteiger partial charge in [-0.1, -0.05) is 103 Å². The summed E-state index contributed by atoms with van der Waals surface area (Å²) in [6.07, 6.45) is 0. The normalized spacial score (nSPS) is 11.4. The highest BCUT2D eigenvalue weighted by Crippen LogP contribution is 2.43. The number of rotatable bonds is 8. The Morgan fingerprint density at radius 3 is 0.925 bits per heavy atom. The number of benzene rings is 10. The van der Waals surface area contributed by atoms with Crippen molar-refractivity contribution < 1.29 is 26.3 Å². The van der Waals surface area contributed by atoms with Crippen LogP contribution in [-0.4, -0.2) is 4.57 Å². The Kier molecular flexibility index (Phi) is 10.4. The van der Waals surface area contributed by atoms with Crippen molar-refractivity contribution in [2.24, 2.45) is 0 Å². The van der Waals surface area contributed by atoms with Crippen LogP contribution in [0.1, 0.15) is 0 Å². The summed E-state index contributed by atoms with van der Waals surface area (Å²) in [6.45, 7) is 0. The molecule has 322 valence electrons. The molecule has 0 fully saturated rings. The molecule has 0 bridgehead atoms. The van der Waals surface area contributed by atoms with Gasteiger partial charge in [0.25, 0.3) is 0 Å². The molecule has 0 radical (unpaired) electrons. The van der Waals surface area contributed by atoms with E-state index in [1.807, 2.05) is 84.9 Å². The zero-order valence-electron chi connectivity index (χ0n) is 35.4. The zero-order valence-corrected chi connectivity index (χ0v) is 35.4. The van der Waals surface area contributed by atoms with E-state index < -0.39 is 34.9 Å². The first-order chi connectivity index (χ1) is 32.7. The summed E-state index contributed by atoms with van der Waals surface area (Å²) in [4.78, 5) is 0. The van der Waals surface area contributed by atoms with Crippen molar-refractivity contribution in [1.82, 2.24) is 4.57 Å². The second-order valence-electron chi connectivity index (χ2n) is 16.5. The molecule has 0 saturated carbocycles. The van der Waals surface area contributed by atoms with E-state index >= 15 is 17.6 Å². The van der Waals surface area contributed by atoms with Crippen LogP contribution in [0.5, 0.6) is 0 Å². The Labute approximate surface area is 382 Å². The van der Waals surface area contributed by atoms with Crippen LogP contribution in [0, 0.1) is 34.9 Å². The first-order valence-electron chi connectivity index (χ1n) is 21.6. The van der Waals surface area contributed by atoms with Gasteiger partial charge >= 0.3 is 0 Å². The van der Waals surface area contributed by atoms with Crippen molar-refractivity contribution in [1.29, 1.82) is 0 Å². The highest BCUT2D eigenvalue weighted by Gasteiger charge is 2.20. The second kappa shape index (κ2) is 16.9. The van der Waals surface area contributed by atoms with Gasteiger partial charge in [0.1, 0.15) is 34.9 Å². The maximum Gasteiger partial charge on any atom is 0.131 e. The largest absolute Gasteiger partial charge is 0.309 e. The van der Waals surface area contributed by atoms with Crippen LogP contribution >= 0.6 is 0 Å². The summed E-state index contributed by atoms with van der Waals surface area (Å²) in [5.74, 6) is -3.08. The van der Waals surface area contributed by atoms with E-state index in [-0.39, 0.29) is 0 Å². The van der Waals surface area contributed by atoms with Crippen molar-refractivity contribution in [3.05, 3.63) is 247 Å².